The molecule has 3 rings (SSSR count). The largest absolute Gasteiger partial charge is 0.334 e. The van der Waals surface area contributed by atoms with Crippen molar-refractivity contribution in [1.29, 1.82) is 0 Å². The highest BCUT2D eigenvalue weighted by Gasteiger charge is 2.24. The van der Waals surface area contributed by atoms with Crippen LogP contribution in [0.1, 0.15) is 42.7 Å². The van der Waals surface area contributed by atoms with Gasteiger partial charge in [-0.25, -0.2) is 0 Å². The Morgan fingerprint density at radius 3 is 2.92 bits per heavy atom. The molecule has 6 heteroatoms. The van der Waals surface area contributed by atoms with Gasteiger partial charge in [-0.1, -0.05) is 12.1 Å². The third-order valence-electron chi connectivity index (χ3n) is 4.76. The third-order valence-corrected chi connectivity index (χ3v) is 5.69. The van der Waals surface area contributed by atoms with E-state index in [-0.39, 0.29) is 18.3 Å². The van der Waals surface area contributed by atoms with E-state index in [0.717, 1.165) is 50.9 Å². The first-order valence-electron chi connectivity index (χ1n) is 9.25. The van der Waals surface area contributed by atoms with Crippen LogP contribution < -0.4 is 5.32 Å². The van der Waals surface area contributed by atoms with Gasteiger partial charge >= 0.3 is 0 Å². The zero-order chi connectivity index (χ0) is 17.3. The van der Waals surface area contributed by atoms with Crippen molar-refractivity contribution < 1.29 is 4.79 Å². The summed E-state index contributed by atoms with van der Waals surface area (Å²) in [5.74, 6) is 0.272. The molecule has 1 N–H and O–H groups in total. The van der Waals surface area contributed by atoms with Crippen LogP contribution >= 0.6 is 23.7 Å². The van der Waals surface area contributed by atoms with Crippen LogP contribution in [0.5, 0.6) is 0 Å². The number of halogens is 1. The van der Waals surface area contributed by atoms with Crippen molar-refractivity contribution in [2.75, 3.05) is 13.1 Å². The first kappa shape index (κ1) is 20.9. The Morgan fingerprint density at radius 2 is 2.15 bits per heavy atom. The first-order chi connectivity index (χ1) is 12.3. The third kappa shape index (κ3) is 6.38. The Labute approximate surface area is 166 Å². The molecule has 1 atom stereocenters. The molecular formula is C20H28ClN3OS. The van der Waals surface area contributed by atoms with Crippen LogP contribution in [0, 0.1) is 0 Å². The lowest BCUT2D eigenvalue weighted by Crippen LogP contribution is -2.40. The van der Waals surface area contributed by atoms with Gasteiger partial charge in [0.2, 0.25) is 5.91 Å². The van der Waals surface area contributed by atoms with E-state index in [1.165, 1.54) is 4.88 Å². The minimum Gasteiger partial charge on any atom is -0.334 e. The molecule has 3 heterocycles. The number of pyridine rings is 1. The summed E-state index contributed by atoms with van der Waals surface area (Å²) in [6.07, 6.45) is 7.58. The van der Waals surface area contributed by atoms with Crippen LogP contribution in [0.4, 0.5) is 0 Å². The van der Waals surface area contributed by atoms with Gasteiger partial charge in [0.1, 0.15) is 0 Å². The quantitative estimate of drug-likeness (QED) is 0.771. The summed E-state index contributed by atoms with van der Waals surface area (Å²) in [7, 11) is 0. The summed E-state index contributed by atoms with van der Waals surface area (Å²) >= 11 is 1.77. The molecule has 26 heavy (non-hydrogen) atoms. The zero-order valence-corrected chi connectivity index (χ0v) is 16.7. The lowest BCUT2D eigenvalue weighted by Gasteiger charge is -2.31. The fraction of sp³-hybridized carbons (Fsp3) is 0.500. The molecular weight excluding hydrogens is 366 g/mol. The Bertz CT molecular complexity index is 628. The van der Waals surface area contributed by atoms with Gasteiger partial charge in [-0.15, -0.1) is 23.7 Å². The predicted octanol–water partition coefficient (Wildman–Crippen LogP) is 4.06. The molecule has 1 aliphatic heterocycles. The first-order valence-corrected chi connectivity index (χ1v) is 10.1. The van der Waals surface area contributed by atoms with E-state index < -0.39 is 0 Å². The summed E-state index contributed by atoms with van der Waals surface area (Å²) in [5, 5.41) is 5.54. The number of aryl methyl sites for hydroxylation is 1. The van der Waals surface area contributed by atoms with Crippen molar-refractivity contribution in [2.45, 2.75) is 51.1 Å². The molecule has 0 aromatic carbocycles. The number of amides is 1. The molecule has 1 aliphatic rings. The topological polar surface area (TPSA) is 45.2 Å². The molecule has 0 saturated carbocycles. The monoisotopic (exact) mass is 393 g/mol. The maximum Gasteiger partial charge on any atom is 0.223 e. The van der Waals surface area contributed by atoms with E-state index in [1.807, 2.05) is 24.4 Å². The fourth-order valence-electron chi connectivity index (χ4n) is 3.41. The van der Waals surface area contributed by atoms with E-state index in [9.17, 15) is 4.79 Å². The average molecular weight is 394 g/mol. The summed E-state index contributed by atoms with van der Waals surface area (Å²) < 4.78 is 0. The highest BCUT2D eigenvalue weighted by atomic mass is 35.5. The van der Waals surface area contributed by atoms with Crippen molar-refractivity contribution in [3.8, 4) is 0 Å². The number of thiophene rings is 1. The van der Waals surface area contributed by atoms with Gasteiger partial charge in [0, 0.05) is 23.5 Å². The second kappa shape index (κ2) is 11.3. The number of hydrogen-bond donors (Lipinski definition) is 1. The Balaban J connectivity index is 0.00000243. The smallest absolute Gasteiger partial charge is 0.223 e. The molecule has 2 aromatic rings. The Kier molecular flexibility index (Phi) is 9.09. The predicted molar refractivity (Wildman–Crippen MR) is 110 cm³/mol. The minimum absolute atomic E-state index is 0. The highest BCUT2D eigenvalue weighted by Crippen LogP contribution is 2.19. The van der Waals surface area contributed by atoms with E-state index in [0.29, 0.717) is 19.0 Å². The van der Waals surface area contributed by atoms with E-state index >= 15 is 0 Å². The van der Waals surface area contributed by atoms with E-state index in [1.54, 1.807) is 11.3 Å². The van der Waals surface area contributed by atoms with Crippen molar-refractivity contribution in [3.63, 3.8) is 0 Å². The number of hydrogen-bond acceptors (Lipinski definition) is 4. The van der Waals surface area contributed by atoms with Gasteiger partial charge in [0.25, 0.3) is 0 Å². The number of nitrogens with one attached hydrogen (secondary N) is 1. The standard InChI is InChI=1S/C20H27N3OS.ClH/c24-20(10-3-8-19-9-5-15-25-19)23(16-17-6-1-2-13-22-17)18-7-4-12-21-14-11-18;/h1-2,5-6,9,13,15,18,21H,3-4,7-8,10-12,14,16H2;1H. The van der Waals surface area contributed by atoms with Gasteiger partial charge in [0.15, 0.2) is 0 Å². The summed E-state index contributed by atoms with van der Waals surface area (Å²) in [5.41, 5.74) is 0.978. The van der Waals surface area contributed by atoms with Crippen LogP contribution in [0.15, 0.2) is 41.9 Å². The zero-order valence-electron chi connectivity index (χ0n) is 15.1. The van der Waals surface area contributed by atoms with E-state index in [2.05, 4.69) is 32.7 Å². The normalized spacial score (nSPS) is 17.2. The second-order valence-electron chi connectivity index (χ2n) is 6.61. The number of aromatic nitrogens is 1. The van der Waals surface area contributed by atoms with Crippen molar-refractivity contribution in [1.82, 2.24) is 15.2 Å². The maximum absolute atomic E-state index is 13.0. The average Bonchev–Trinajstić information content (AvgIpc) is 3.01. The molecule has 0 aliphatic carbocycles. The molecule has 0 bridgehead atoms. The molecule has 1 fully saturated rings. The Morgan fingerprint density at radius 1 is 1.23 bits per heavy atom. The molecule has 1 unspecified atom stereocenters. The van der Waals surface area contributed by atoms with Crippen molar-refractivity contribution in [3.05, 3.63) is 52.5 Å². The minimum atomic E-state index is 0. The molecule has 4 nitrogen and oxygen atoms in total. The van der Waals surface area contributed by atoms with Crippen LogP contribution in [0.2, 0.25) is 0 Å². The van der Waals surface area contributed by atoms with Crippen LogP contribution in [0.25, 0.3) is 0 Å². The number of carbonyl (C=O) groups is 1. The highest BCUT2D eigenvalue weighted by molar-refractivity contribution is 7.09. The maximum atomic E-state index is 13.0. The van der Waals surface area contributed by atoms with Gasteiger partial charge in [-0.3, -0.25) is 9.78 Å². The van der Waals surface area contributed by atoms with Crippen molar-refractivity contribution in [2.24, 2.45) is 0 Å². The molecule has 0 radical (unpaired) electrons. The molecule has 1 saturated heterocycles. The molecule has 1 amide bonds. The van der Waals surface area contributed by atoms with Gasteiger partial charge in [-0.05, 0) is 68.8 Å². The molecule has 2 aromatic heterocycles. The summed E-state index contributed by atoms with van der Waals surface area (Å²) in [6, 6.07) is 10.5. The van der Waals surface area contributed by atoms with Gasteiger partial charge < -0.3 is 10.2 Å². The summed E-state index contributed by atoms with van der Waals surface area (Å²) in [4.78, 5) is 20.9. The SMILES string of the molecule is Cl.O=C(CCCc1cccs1)N(Cc1ccccn1)C1CCCNCC1. The number of nitrogens with zero attached hydrogens (tertiary/aromatic N) is 2. The fourth-order valence-corrected chi connectivity index (χ4v) is 4.16. The van der Waals surface area contributed by atoms with Crippen LogP contribution in [0.3, 0.4) is 0 Å². The van der Waals surface area contributed by atoms with Gasteiger partial charge in [0.05, 0.1) is 12.2 Å². The van der Waals surface area contributed by atoms with E-state index in [4.69, 9.17) is 0 Å². The van der Waals surface area contributed by atoms with Crippen LogP contribution in [-0.4, -0.2) is 34.9 Å². The summed E-state index contributed by atoms with van der Waals surface area (Å²) in [6.45, 7) is 2.68. The molecule has 142 valence electrons. The lowest BCUT2D eigenvalue weighted by molar-refractivity contribution is -0.134. The number of carbonyl (C=O) groups excluding carboxylic acids is 1. The lowest BCUT2D eigenvalue weighted by atomic mass is 10.1. The molecule has 0 spiro atoms. The van der Waals surface area contributed by atoms with Crippen molar-refractivity contribution >= 4 is 29.7 Å². The van der Waals surface area contributed by atoms with Gasteiger partial charge in [-0.2, -0.15) is 0 Å². The number of rotatable bonds is 7. The van der Waals surface area contributed by atoms with Crippen LogP contribution in [-0.2, 0) is 17.8 Å². The Hall–Kier alpha value is -1.43. The second-order valence-corrected chi connectivity index (χ2v) is 7.64.